The number of hydrogen-bond donors (Lipinski definition) is 0. The predicted molar refractivity (Wildman–Crippen MR) is 216 cm³/mol. The summed E-state index contributed by atoms with van der Waals surface area (Å²) in [5.41, 5.74) is 13.2. The average Bonchev–Trinajstić information content (AvgIpc) is 3.64. The van der Waals surface area contributed by atoms with Crippen molar-refractivity contribution in [2.24, 2.45) is 0 Å². The second-order valence-electron chi connectivity index (χ2n) is 14.3. The highest BCUT2D eigenvalue weighted by Crippen LogP contribution is 2.49. The van der Waals surface area contributed by atoms with Crippen molar-refractivity contribution in [3.05, 3.63) is 165 Å². The van der Waals surface area contributed by atoms with E-state index in [1.807, 2.05) is 12.1 Å². The van der Waals surface area contributed by atoms with E-state index in [4.69, 9.17) is 23.2 Å². The Balaban J connectivity index is 0.00000103. The van der Waals surface area contributed by atoms with Crippen molar-refractivity contribution in [3.63, 3.8) is 0 Å². The van der Waals surface area contributed by atoms with Crippen molar-refractivity contribution >= 4 is 59.2 Å². The molecule has 0 unspecified atom stereocenters. The van der Waals surface area contributed by atoms with Gasteiger partial charge in [0.05, 0.1) is 0 Å². The first kappa shape index (κ1) is 39.7. The summed E-state index contributed by atoms with van der Waals surface area (Å²) in [7, 11) is 0.655. The maximum atomic E-state index is 9.67. The minimum atomic E-state index is -3.67. The maximum absolute atomic E-state index is 9.67. The van der Waals surface area contributed by atoms with E-state index in [2.05, 4.69) is 165 Å². The molecule has 0 radical (unpaired) electrons. The molecule has 53 heavy (non-hydrogen) atoms. The number of benzene rings is 4. The Morgan fingerprint density at radius 3 is 1.32 bits per heavy atom. The zero-order valence-corrected chi connectivity index (χ0v) is 32.2. The van der Waals surface area contributed by atoms with Gasteiger partial charge in [-0.2, -0.15) is 4.58 Å². The molecular formula is C43H42BCl2F4N3. The van der Waals surface area contributed by atoms with Gasteiger partial charge < -0.3 is 14.5 Å². The topological polar surface area (TPSA) is 9.49 Å². The van der Waals surface area contributed by atoms with Gasteiger partial charge in [0.1, 0.15) is 0 Å². The molecule has 4 aromatic rings. The van der Waals surface area contributed by atoms with Crippen LogP contribution in [0.1, 0.15) is 51.7 Å². The second-order valence-corrected chi connectivity index (χ2v) is 15.2. The van der Waals surface area contributed by atoms with Crippen LogP contribution in [0.15, 0.2) is 144 Å². The van der Waals surface area contributed by atoms with Gasteiger partial charge in [-0.1, -0.05) is 99.4 Å². The number of nitrogens with zero attached hydrogens (tertiary/aromatic N) is 3. The van der Waals surface area contributed by atoms with E-state index in [1.165, 1.54) is 50.8 Å². The molecule has 1 aliphatic carbocycles. The van der Waals surface area contributed by atoms with E-state index in [1.54, 1.807) is 0 Å². The summed E-state index contributed by atoms with van der Waals surface area (Å²) < 4.78 is 31.4. The molecule has 3 aliphatic rings. The lowest BCUT2D eigenvalue weighted by Crippen LogP contribution is -3.00. The molecule has 0 saturated heterocycles. The lowest BCUT2D eigenvalue weighted by Gasteiger charge is -2.24. The largest absolute Gasteiger partial charge is 1.00 e. The quantitative estimate of drug-likeness (QED) is 0.117. The number of rotatable bonds is 4. The normalized spacial score (nSPS) is 19.6. The van der Waals surface area contributed by atoms with Crippen molar-refractivity contribution in [2.45, 2.75) is 51.4 Å². The summed E-state index contributed by atoms with van der Waals surface area (Å²) in [5.74, 6) is 0. The summed E-state index contributed by atoms with van der Waals surface area (Å²) in [5, 5.41) is 1.54. The molecule has 0 N–H and O–H groups in total. The molecule has 0 atom stereocenters. The Kier molecular flexibility index (Phi) is 11.9. The first-order valence-electron chi connectivity index (χ1n) is 17.3. The Bertz CT molecular complexity index is 1990. The van der Waals surface area contributed by atoms with Crippen LogP contribution < -0.4 is 19.1 Å². The second kappa shape index (κ2) is 15.8. The highest BCUT2D eigenvalue weighted by atomic mass is 35.5. The van der Waals surface area contributed by atoms with Crippen LogP contribution >= 0.6 is 23.2 Å². The smallest absolute Gasteiger partial charge is 0.762 e. The third kappa shape index (κ3) is 7.76. The number of halogens is 6. The van der Waals surface area contributed by atoms with Crippen molar-refractivity contribution in [1.29, 1.82) is 0 Å². The molecule has 7 rings (SSSR count). The number of likely N-dealkylation sites (N-methyl/N-ethyl adjacent to an activating group) is 2. The molecular weight excluding hydrogens is 716 g/mol. The van der Waals surface area contributed by atoms with Gasteiger partial charge in [0.2, 0.25) is 17.1 Å². The molecule has 4 aromatic carbocycles. The number of para-hydroxylation sites is 2. The number of hydrogen-bond acceptors (Lipinski definition) is 2. The Morgan fingerprint density at radius 2 is 0.962 bits per heavy atom. The van der Waals surface area contributed by atoms with Crippen LogP contribution in [0.5, 0.6) is 0 Å². The van der Waals surface area contributed by atoms with E-state index < -0.39 is 7.54 Å². The Hall–Kier alpha value is -4.53. The van der Waals surface area contributed by atoms with Crippen LogP contribution in [-0.4, -0.2) is 27.4 Å². The van der Waals surface area contributed by atoms with E-state index in [9.17, 15) is 12.9 Å². The fraction of sp³-hybridized carbons (Fsp3) is 0.233. The molecule has 0 bridgehead atoms. The third-order valence-corrected chi connectivity index (χ3v) is 10.9. The van der Waals surface area contributed by atoms with Crippen LogP contribution in [-0.2, 0) is 10.8 Å². The first-order valence-corrected chi connectivity index (χ1v) is 18.1. The van der Waals surface area contributed by atoms with Gasteiger partial charge in [0, 0.05) is 93.2 Å². The minimum Gasteiger partial charge on any atom is -1.00 e. The molecule has 0 amide bonds. The van der Waals surface area contributed by atoms with Gasteiger partial charge >= 0.3 is 7.54 Å². The fourth-order valence-corrected chi connectivity index (χ4v) is 8.21. The van der Waals surface area contributed by atoms with Gasteiger partial charge in [0.15, 0.2) is 0 Å². The molecule has 10 heteroatoms. The first-order chi connectivity index (χ1) is 24.7. The van der Waals surface area contributed by atoms with Crippen LogP contribution in [0.25, 0.3) is 0 Å². The molecule has 3 nitrogen and oxygen atoms in total. The molecule has 274 valence electrons. The van der Waals surface area contributed by atoms with Crippen molar-refractivity contribution in [2.75, 3.05) is 23.9 Å². The average molecular weight is 759 g/mol. The van der Waals surface area contributed by atoms with Crippen LogP contribution in [0.4, 0.5) is 35.7 Å². The number of fused-ring (bicyclic) bond motifs is 2. The van der Waals surface area contributed by atoms with Gasteiger partial charge in [0.25, 0.3) is 0 Å². The molecule has 2 aliphatic heterocycles. The Labute approximate surface area is 320 Å². The fourth-order valence-electron chi connectivity index (χ4n) is 7.86. The van der Waals surface area contributed by atoms with Crippen molar-refractivity contribution < 1.29 is 17.7 Å². The lowest BCUT2D eigenvalue weighted by atomic mass is 9.83. The molecule has 1 fully saturated rings. The van der Waals surface area contributed by atoms with Crippen LogP contribution in [0.3, 0.4) is 0 Å². The van der Waals surface area contributed by atoms with Gasteiger partial charge in [-0.25, -0.2) is 0 Å². The van der Waals surface area contributed by atoms with Gasteiger partial charge in [-0.15, -0.1) is 0 Å². The summed E-state index contributed by atoms with van der Waals surface area (Å²) in [6, 6.07) is 33.9. The van der Waals surface area contributed by atoms with E-state index in [0.29, 0.717) is 0 Å². The summed E-state index contributed by atoms with van der Waals surface area (Å²) >= 11 is 12.9. The third-order valence-electron chi connectivity index (χ3n) is 10.4. The van der Waals surface area contributed by atoms with Crippen LogP contribution in [0.2, 0.25) is 10.0 Å². The van der Waals surface area contributed by atoms with Gasteiger partial charge in [-0.3, -0.25) is 12.9 Å². The number of anilines is 2. The van der Waals surface area contributed by atoms with Gasteiger partial charge in [-0.05, 0) is 72.5 Å². The van der Waals surface area contributed by atoms with Crippen LogP contribution in [0, 0.1) is 0 Å². The Morgan fingerprint density at radius 1 is 0.604 bits per heavy atom. The summed E-state index contributed by atoms with van der Waals surface area (Å²) in [6.45, 7) is 9.16. The lowest BCUT2D eigenvalue weighted by molar-refractivity contribution is -0.0000133. The SMILES string of the molecule is CN1C(=CC=C2CC/C(=C\C=C3\N(C)c4ccc(Cl)cc4C3(C)C)C2=[N+](c2ccccc2)c2ccccc2)C(C)(C)c2cc(Cl)ccc21.FB(F)F.[F-]. The predicted octanol–water partition coefficient (Wildman–Crippen LogP) is 9.42. The maximum Gasteiger partial charge on any atom is 0.762 e. The van der Waals surface area contributed by atoms with Crippen molar-refractivity contribution in [1.82, 2.24) is 4.58 Å². The molecule has 0 aromatic heterocycles. The highest BCUT2D eigenvalue weighted by molar-refractivity contribution is 6.33. The zero-order chi connectivity index (χ0) is 37.4. The monoisotopic (exact) mass is 757 g/mol. The van der Waals surface area contributed by atoms with E-state index >= 15 is 0 Å². The van der Waals surface area contributed by atoms with E-state index in [0.717, 1.165) is 34.3 Å². The molecule has 0 spiro atoms. The van der Waals surface area contributed by atoms with Crippen molar-refractivity contribution in [3.8, 4) is 0 Å². The highest BCUT2D eigenvalue weighted by Gasteiger charge is 2.40. The zero-order valence-electron chi connectivity index (χ0n) is 30.6. The number of allylic oxidation sites excluding steroid dienone is 8. The molecule has 1 saturated carbocycles. The molecule has 2 heterocycles. The standard InChI is InChI=1S/C43H42Cl2N3.BF3.FH/c1-42(2)35-27-31(44)21-23-37(35)46(5)39(42)25-19-29-17-18-30(20-26-40-43(3,4)36-28-32(45)22-24-38(36)47(40)6)41(29)48(33-13-9-7-10-14-33)34-15-11-8-12-16-34;2-1(3)4;/h7-16,19-28H,17-18H2,1-6H3;;1H/q+1;;/p-1. The van der Waals surface area contributed by atoms with E-state index in [-0.39, 0.29) is 15.5 Å². The summed E-state index contributed by atoms with van der Waals surface area (Å²) in [4.78, 5) is 4.62. The minimum absolute atomic E-state index is 0. The summed E-state index contributed by atoms with van der Waals surface area (Å²) in [6.07, 6.45) is 11.3.